The van der Waals surface area contributed by atoms with Gasteiger partial charge < -0.3 is 19.9 Å². The molecule has 0 atom stereocenters. The second-order valence-corrected chi connectivity index (χ2v) is 8.66. The number of benzene rings is 3. The molecule has 0 aliphatic rings. The lowest BCUT2D eigenvalue weighted by Gasteiger charge is -2.12. The fourth-order valence-corrected chi connectivity index (χ4v) is 4.03. The van der Waals surface area contributed by atoms with E-state index in [9.17, 15) is 4.79 Å². The number of anilines is 2. The third-order valence-electron chi connectivity index (χ3n) is 5.12. The lowest BCUT2D eigenvalue weighted by molar-refractivity contribution is 0.262. The van der Waals surface area contributed by atoms with Crippen LogP contribution in [-0.4, -0.2) is 27.9 Å². The van der Waals surface area contributed by atoms with E-state index in [2.05, 4.69) is 20.8 Å². The van der Waals surface area contributed by atoms with Gasteiger partial charge in [0.05, 0.1) is 12.8 Å². The minimum atomic E-state index is -0.428. The van der Waals surface area contributed by atoms with E-state index < -0.39 is 6.03 Å². The number of hydrogen-bond acceptors (Lipinski definition) is 4. The number of aromatic nitrogens is 3. The molecule has 0 fully saturated rings. The molecule has 35 heavy (non-hydrogen) atoms. The van der Waals surface area contributed by atoms with Crippen molar-refractivity contribution in [2.24, 2.45) is 7.05 Å². The lowest BCUT2D eigenvalue weighted by Crippen LogP contribution is -2.19. The number of nitrogens with zero attached hydrogens (tertiary/aromatic N) is 3. The van der Waals surface area contributed by atoms with Gasteiger partial charge in [-0.05, 0) is 66.7 Å². The van der Waals surface area contributed by atoms with Crippen molar-refractivity contribution in [3.05, 3.63) is 87.1 Å². The number of carbonyl (C=O) groups excluding carboxylic acids is 1. The summed E-state index contributed by atoms with van der Waals surface area (Å²) in [5.74, 6) is 1.80. The van der Waals surface area contributed by atoms with Gasteiger partial charge >= 0.3 is 6.03 Å². The highest BCUT2D eigenvalue weighted by Gasteiger charge is 2.12. The molecule has 0 aliphatic carbocycles. The molecule has 10 heteroatoms. The maximum atomic E-state index is 12.4. The Morgan fingerprint density at radius 1 is 0.943 bits per heavy atom. The van der Waals surface area contributed by atoms with Gasteiger partial charge in [0, 0.05) is 38.9 Å². The summed E-state index contributed by atoms with van der Waals surface area (Å²) in [5.41, 5.74) is 2.61. The van der Waals surface area contributed by atoms with Gasteiger partial charge in [0.25, 0.3) is 0 Å². The van der Waals surface area contributed by atoms with Crippen LogP contribution in [0.15, 0.2) is 60.7 Å². The number of hydrogen-bond donors (Lipinski definition) is 2. The number of halogens is 3. The van der Waals surface area contributed by atoms with E-state index in [4.69, 9.17) is 39.5 Å². The molecule has 4 aromatic rings. The van der Waals surface area contributed by atoms with Crippen LogP contribution >= 0.6 is 34.8 Å². The molecule has 7 nitrogen and oxygen atoms in total. The Kier molecular flexibility index (Phi) is 7.60. The van der Waals surface area contributed by atoms with Crippen LogP contribution in [0.25, 0.3) is 23.5 Å². The summed E-state index contributed by atoms with van der Waals surface area (Å²) in [6, 6.07) is 17.1. The molecule has 0 spiro atoms. The first-order valence-corrected chi connectivity index (χ1v) is 11.5. The standard InChI is InChI=1S/C25H20Cl3N5O2/c1-33-23(13-11-18-19(27)4-3-5-20(18)28)31-32-24(33)15-6-9-17(10-7-15)29-25(34)30-21-14-16(26)8-12-22(21)35-2/h3-14H,1-2H3,(H2,29,30,34)/b13-11+. The van der Waals surface area contributed by atoms with E-state index in [0.717, 1.165) is 5.56 Å². The largest absolute Gasteiger partial charge is 0.495 e. The van der Waals surface area contributed by atoms with E-state index in [1.54, 1.807) is 60.7 Å². The first-order valence-electron chi connectivity index (χ1n) is 10.4. The average Bonchev–Trinajstić information content (AvgIpc) is 3.19. The van der Waals surface area contributed by atoms with Crippen LogP contribution in [0.3, 0.4) is 0 Å². The molecule has 4 rings (SSSR count). The van der Waals surface area contributed by atoms with Gasteiger partial charge in [0.15, 0.2) is 11.6 Å². The molecule has 0 aliphatic heterocycles. The summed E-state index contributed by atoms with van der Waals surface area (Å²) < 4.78 is 7.10. The fourth-order valence-electron chi connectivity index (χ4n) is 3.33. The summed E-state index contributed by atoms with van der Waals surface area (Å²) in [4.78, 5) is 12.4. The van der Waals surface area contributed by atoms with E-state index in [1.807, 2.05) is 23.7 Å². The van der Waals surface area contributed by atoms with Gasteiger partial charge in [-0.1, -0.05) is 40.9 Å². The molecule has 1 aromatic heterocycles. The third-order valence-corrected chi connectivity index (χ3v) is 6.01. The van der Waals surface area contributed by atoms with Crippen LogP contribution in [0.2, 0.25) is 15.1 Å². The SMILES string of the molecule is COc1ccc(Cl)cc1NC(=O)Nc1ccc(-c2nnc(/C=C/c3c(Cl)cccc3Cl)n2C)cc1. The second kappa shape index (κ2) is 10.8. The zero-order chi connectivity index (χ0) is 24.9. The van der Waals surface area contributed by atoms with Crippen LogP contribution < -0.4 is 15.4 Å². The Labute approximate surface area is 217 Å². The van der Waals surface area contributed by atoms with Crippen LogP contribution in [0.4, 0.5) is 16.2 Å². The van der Waals surface area contributed by atoms with Gasteiger partial charge in [-0.15, -0.1) is 10.2 Å². The maximum Gasteiger partial charge on any atom is 0.323 e. The van der Waals surface area contributed by atoms with E-state index >= 15 is 0 Å². The Morgan fingerprint density at radius 2 is 1.66 bits per heavy atom. The third kappa shape index (κ3) is 5.77. The number of amides is 2. The predicted octanol–water partition coefficient (Wildman–Crippen LogP) is 7.27. The molecule has 0 unspecified atom stereocenters. The molecule has 0 radical (unpaired) electrons. The first-order chi connectivity index (χ1) is 16.9. The zero-order valence-corrected chi connectivity index (χ0v) is 21.0. The number of methoxy groups -OCH3 is 1. The Morgan fingerprint density at radius 3 is 2.34 bits per heavy atom. The van der Waals surface area contributed by atoms with Crippen LogP contribution in [-0.2, 0) is 7.05 Å². The summed E-state index contributed by atoms with van der Waals surface area (Å²) in [6.45, 7) is 0. The number of ether oxygens (including phenoxy) is 1. The van der Waals surface area contributed by atoms with Gasteiger partial charge in [-0.3, -0.25) is 0 Å². The minimum Gasteiger partial charge on any atom is -0.495 e. The molecule has 2 N–H and O–H groups in total. The molecule has 0 bridgehead atoms. The van der Waals surface area contributed by atoms with Crippen molar-refractivity contribution in [2.45, 2.75) is 0 Å². The number of urea groups is 1. The molecule has 1 heterocycles. The fraction of sp³-hybridized carbons (Fsp3) is 0.0800. The Bertz CT molecular complexity index is 1380. The maximum absolute atomic E-state index is 12.4. The van der Waals surface area contributed by atoms with E-state index in [-0.39, 0.29) is 0 Å². The molecule has 2 amide bonds. The van der Waals surface area contributed by atoms with E-state index in [0.29, 0.717) is 49.4 Å². The Hall–Kier alpha value is -3.52. The quantitative estimate of drug-likeness (QED) is 0.276. The van der Waals surface area contributed by atoms with Crippen molar-refractivity contribution in [1.82, 2.24) is 14.8 Å². The van der Waals surface area contributed by atoms with Crippen LogP contribution in [0.1, 0.15) is 11.4 Å². The molecule has 0 saturated carbocycles. The summed E-state index contributed by atoms with van der Waals surface area (Å²) >= 11 is 18.5. The highest BCUT2D eigenvalue weighted by molar-refractivity contribution is 6.37. The predicted molar refractivity (Wildman–Crippen MR) is 142 cm³/mol. The average molecular weight is 529 g/mol. The molecule has 0 saturated heterocycles. The summed E-state index contributed by atoms with van der Waals surface area (Å²) in [5, 5.41) is 15.6. The monoisotopic (exact) mass is 527 g/mol. The minimum absolute atomic E-state index is 0.428. The summed E-state index contributed by atoms with van der Waals surface area (Å²) in [7, 11) is 3.38. The van der Waals surface area contributed by atoms with Gasteiger partial charge in [-0.25, -0.2) is 4.79 Å². The molecular formula is C25H20Cl3N5O2. The van der Waals surface area contributed by atoms with Crippen molar-refractivity contribution in [3.63, 3.8) is 0 Å². The zero-order valence-electron chi connectivity index (χ0n) is 18.7. The number of nitrogens with one attached hydrogen (secondary N) is 2. The Balaban J connectivity index is 1.46. The van der Waals surface area contributed by atoms with Crippen LogP contribution in [0, 0.1) is 0 Å². The van der Waals surface area contributed by atoms with Gasteiger partial charge in [0.2, 0.25) is 0 Å². The molecule has 178 valence electrons. The smallest absolute Gasteiger partial charge is 0.323 e. The van der Waals surface area contributed by atoms with Crippen LogP contribution in [0.5, 0.6) is 5.75 Å². The van der Waals surface area contributed by atoms with Crippen molar-refractivity contribution in [3.8, 4) is 17.1 Å². The highest BCUT2D eigenvalue weighted by Crippen LogP contribution is 2.29. The lowest BCUT2D eigenvalue weighted by atomic mass is 10.2. The van der Waals surface area contributed by atoms with Crippen molar-refractivity contribution < 1.29 is 9.53 Å². The topological polar surface area (TPSA) is 81.1 Å². The van der Waals surface area contributed by atoms with Gasteiger partial charge in [0.1, 0.15) is 5.75 Å². The highest BCUT2D eigenvalue weighted by atomic mass is 35.5. The molecule has 3 aromatic carbocycles. The van der Waals surface area contributed by atoms with Crippen molar-refractivity contribution in [2.75, 3.05) is 17.7 Å². The summed E-state index contributed by atoms with van der Waals surface area (Å²) in [6.07, 6.45) is 3.60. The van der Waals surface area contributed by atoms with E-state index in [1.165, 1.54) is 7.11 Å². The van der Waals surface area contributed by atoms with Crippen molar-refractivity contribution >= 4 is 64.4 Å². The first kappa shape index (κ1) is 24.6. The number of carbonyl (C=O) groups is 1. The normalized spacial score (nSPS) is 11.0. The van der Waals surface area contributed by atoms with Crippen molar-refractivity contribution in [1.29, 1.82) is 0 Å². The number of rotatable bonds is 6. The second-order valence-electron chi connectivity index (χ2n) is 7.41. The van der Waals surface area contributed by atoms with Gasteiger partial charge in [-0.2, -0.15) is 0 Å². The molecular weight excluding hydrogens is 509 g/mol.